The fourth-order valence-corrected chi connectivity index (χ4v) is 1.58. The van der Waals surface area contributed by atoms with Gasteiger partial charge in [0, 0.05) is 13.2 Å². The number of carbonyl (C=O) groups is 1. The molecular weight excluding hydrogens is 216 g/mol. The van der Waals surface area contributed by atoms with Gasteiger partial charge in [-0.3, -0.25) is 9.69 Å². The Labute approximate surface area is 105 Å². The van der Waals surface area contributed by atoms with Crippen LogP contribution in [0.1, 0.15) is 40.5 Å². The lowest BCUT2D eigenvalue weighted by atomic mass is 9.89. The summed E-state index contributed by atoms with van der Waals surface area (Å²) in [7, 11) is 0. The van der Waals surface area contributed by atoms with Crippen LogP contribution in [0.15, 0.2) is 0 Å². The maximum Gasteiger partial charge on any atom is 0.234 e. The van der Waals surface area contributed by atoms with Crippen LogP contribution < -0.4 is 5.32 Å². The van der Waals surface area contributed by atoms with E-state index < -0.39 is 0 Å². The van der Waals surface area contributed by atoms with Crippen LogP contribution in [0.5, 0.6) is 0 Å². The third-order valence-corrected chi connectivity index (χ3v) is 3.04. The second-order valence-corrected chi connectivity index (χ2v) is 5.24. The van der Waals surface area contributed by atoms with Crippen molar-refractivity contribution < 1.29 is 9.90 Å². The van der Waals surface area contributed by atoms with Crippen LogP contribution in [0.4, 0.5) is 0 Å². The first kappa shape index (κ1) is 16.4. The minimum atomic E-state index is -0.0381. The van der Waals surface area contributed by atoms with Crippen molar-refractivity contribution in [2.45, 2.75) is 40.5 Å². The summed E-state index contributed by atoms with van der Waals surface area (Å²) in [6, 6.07) is 0. The highest BCUT2D eigenvalue weighted by Crippen LogP contribution is 2.20. The van der Waals surface area contributed by atoms with Crippen molar-refractivity contribution >= 4 is 5.91 Å². The molecule has 0 saturated heterocycles. The van der Waals surface area contributed by atoms with E-state index in [0.717, 1.165) is 25.9 Å². The molecule has 0 fully saturated rings. The summed E-state index contributed by atoms with van der Waals surface area (Å²) in [5, 5.41) is 12.0. The van der Waals surface area contributed by atoms with E-state index in [4.69, 9.17) is 5.11 Å². The lowest BCUT2D eigenvalue weighted by Crippen LogP contribution is -2.37. The first-order chi connectivity index (χ1) is 7.95. The van der Waals surface area contributed by atoms with Gasteiger partial charge in [0.05, 0.1) is 6.54 Å². The van der Waals surface area contributed by atoms with Crippen molar-refractivity contribution in [1.29, 1.82) is 0 Å². The number of likely N-dealkylation sites (N-methyl/N-ethyl adjacent to an activating group) is 1. The first-order valence-electron chi connectivity index (χ1n) is 6.55. The van der Waals surface area contributed by atoms with Gasteiger partial charge in [-0.15, -0.1) is 0 Å². The number of amides is 1. The van der Waals surface area contributed by atoms with Gasteiger partial charge in [-0.2, -0.15) is 0 Å². The number of carbonyl (C=O) groups excluding carboxylic acids is 1. The van der Waals surface area contributed by atoms with E-state index >= 15 is 0 Å². The Morgan fingerprint density at radius 3 is 2.35 bits per heavy atom. The molecule has 0 atom stereocenters. The molecule has 17 heavy (non-hydrogen) atoms. The molecule has 0 aromatic rings. The summed E-state index contributed by atoms with van der Waals surface area (Å²) >= 11 is 0. The van der Waals surface area contributed by atoms with E-state index in [2.05, 4.69) is 24.1 Å². The zero-order valence-corrected chi connectivity index (χ0v) is 11.8. The van der Waals surface area contributed by atoms with Crippen molar-refractivity contribution in [1.82, 2.24) is 10.2 Å². The second kappa shape index (κ2) is 8.48. The average molecular weight is 244 g/mol. The molecule has 0 radical (unpaired) electrons. The highest BCUT2D eigenvalue weighted by Gasteiger charge is 2.15. The zero-order chi connectivity index (χ0) is 13.3. The van der Waals surface area contributed by atoms with E-state index in [0.29, 0.717) is 13.1 Å². The molecule has 0 aliphatic rings. The molecule has 0 bridgehead atoms. The molecule has 0 aromatic carbocycles. The number of hydrogen-bond donors (Lipinski definition) is 2. The van der Waals surface area contributed by atoms with Crippen LogP contribution >= 0.6 is 0 Å². The molecule has 1 amide bonds. The van der Waals surface area contributed by atoms with Gasteiger partial charge in [0.15, 0.2) is 0 Å². The summed E-state index contributed by atoms with van der Waals surface area (Å²) in [6.45, 7) is 11.4. The van der Waals surface area contributed by atoms with Crippen molar-refractivity contribution in [3.8, 4) is 0 Å². The second-order valence-electron chi connectivity index (χ2n) is 5.24. The van der Waals surface area contributed by atoms with Crippen LogP contribution in [0.2, 0.25) is 0 Å². The maximum atomic E-state index is 11.6. The molecule has 0 aliphatic carbocycles. The molecule has 0 aromatic heterocycles. The largest absolute Gasteiger partial charge is 0.396 e. The minimum Gasteiger partial charge on any atom is -0.396 e. The summed E-state index contributed by atoms with van der Waals surface area (Å²) in [4.78, 5) is 13.7. The highest BCUT2D eigenvalue weighted by atomic mass is 16.3. The van der Waals surface area contributed by atoms with Crippen LogP contribution in [-0.4, -0.2) is 48.7 Å². The Morgan fingerprint density at radius 1 is 1.29 bits per heavy atom. The smallest absolute Gasteiger partial charge is 0.234 e. The fraction of sp³-hybridized carbons (Fsp3) is 0.923. The van der Waals surface area contributed by atoms with Crippen molar-refractivity contribution in [2.75, 3.05) is 32.8 Å². The number of hydrogen-bond acceptors (Lipinski definition) is 3. The Bertz CT molecular complexity index is 213. The van der Waals surface area contributed by atoms with Crippen LogP contribution in [0.25, 0.3) is 0 Å². The molecule has 102 valence electrons. The molecule has 0 rings (SSSR count). The van der Waals surface area contributed by atoms with Gasteiger partial charge in [0.25, 0.3) is 0 Å². The highest BCUT2D eigenvalue weighted by molar-refractivity contribution is 5.77. The summed E-state index contributed by atoms with van der Waals surface area (Å²) in [6.07, 6.45) is 1.84. The first-order valence-corrected chi connectivity index (χ1v) is 6.55. The predicted octanol–water partition coefficient (Wildman–Crippen LogP) is 1.24. The number of nitrogens with zero attached hydrogens (tertiary/aromatic N) is 1. The van der Waals surface area contributed by atoms with E-state index in [1.807, 2.05) is 13.8 Å². The van der Waals surface area contributed by atoms with Gasteiger partial charge < -0.3 is 10.4 Å². The van der Waals surface area contributed by atoms with E-state index in [1.165, 1.54) is 0 Å². The van der Waals surface area contributed by atoms with Gasteiger partial charge in [-0.1, -0.05) is 27.7 Å². The number of aliphatic hydroxyl groups excluding tert-OH is 1. The molecule has 2 N–H and O–H groups in total. The van der Waals surface area contributed by atoms with E-state index in [9.17, 15) is 4.79 Å². The third-order valence-electron chi connectivity index (χ3n) is 3.04. The van der Waals surface area contributed by atoms with Gasteiger partial charge in [-0.25, -0.2) is 0 Å². The Hall–Kier alpha value is -0.610. The Morgan fingerprint density at radius 2 is 1.88 bits per heavy atom. The SMILES string of the molecule is CCN(CC)CC(=O)NCCCC(C)(C)CO. The topological polar surface area (TPSA) is 52.6 Å². The molecule has 0 aliphatic heterocycles. The molecule has 0 spiro atoms. The van der Waals surface area contributed by atoms with Gasteiger partial charge >= 0.3 is 0 Å². The van der Waals surface area contributed by atoms with E-state index in [-0.39, 0.29) is 17.9 Å². The van der Waals surface area contributed by atoms with Crippen LogP contribution in [-0.2, 0) is 4.79 Å². The van der Waals surface area contributed by atoms with Crippen LogP contribution in [0, 0.1) is 5.41 Å². The van der Waals surface area contributed by atoms with Gasteiger partial charge in [0.1, 0.15) is 0 Å². The summed E-state index contributed by atoms with van der Waals surface area (Å²) in [5.41, 5.74) is -0.0381. The van der Waals surface area contributed by atoms with E-state index in [1.54, 1.807) is 0 Å². The van der Waals surface area contributed by atoms with Gasteiger partial charge in [0.2, 0.25) is 5.91 Å². The summed E-state index contributed by atoms with van der Waals surface area (Å²) in [5.74, 6) is 0.0931. The molecular formula is C13H28N2O2. The average Bonchev–Trinajstić information content (AvgIpc) is 2.31. The van der Waals surface area contributed by atoms with Crippen molar-refractivity contribution in [3.05, 3.63) is 0 Å². The fourth-order valence-electron chi connectivity index (χ4n) is 1.58. The Balaban J connectivity index is 3.65. The number of nitrogens with one attached hydrogen (secondary N) is 1. The monoisotopic (exact) mass is 244 g/mol. The van der Waals surface area contributed by atoms with Gasteiger partial charge in [-0.05, 0) is 31.3 Å². The molecule has 4 heteroatoms. The quantitative estimate of drug-likeness (QED) is 0.600. The molecule has 0 unspecified atom stereocenters. The lowest BCUT2D eigenvalue weighted by molar-refractivity contribution is -0.122. The summed E-state index contributed by atoms with van der Waals surface area (Å²) < 4.78 is 0. The van der Waals surface area contributed by atoms with Crippen LogP contribution in [0.3, 0.4) is 0 Å². The number of aliphatic hydroxyl groups is 1. The molecule has 0 saturated carbocycles. The number of rotatable bonds is 9. The maximum absolute atomic E-state index is 11.6. The zero-order valence-electron chi connectivity index (χ0n) is 11.8. The standard InChI is InChI=1S/C13H28N2O2/c1-5-15(6-2)10-12(17)14-9-7-8-13(3,4)11-16/h16H,5-11H2,1-4H3,(H,14,17). The Kier molecular flexibility index (Phi) is 8.17. The lowest BCUT2D eigenvalue weighted by Gasteiger charge is -2.21. The minimum absolute atomic E-state index is 0.0381. The van der Waals surface area contributed by atoms with Crippen molar-refractivity contribution in [2.24, 2.45) is 5.41 Å². The normalized spacial score (nSPS) is 11.9. The van der Waals surface area contributed by atoms with Crippen molar-refractivity contribution in [3.63, 3.8) is 0 Å². The molecule has 4 nitrogen and oxygen atoms in total. The third kappa shape index (κ3) is 8.16. The molecule has 0 heterocycles. The predicted molar refractivity (Wildman–Crippen MR) is 70.9 cm³/mol.